The van der Waals surface area contributed by atoms with E-state index in [1.165, 1.54) is 6.92 Å². The maximum absolute atomic E-state index is 11.8. The van der Waals surface area contributed by atoms with Crippen LogP contribution in [0.2, 0.25) is 0 Å². The fourth-order valence-electron chi connectivity index (χ4n) is 3.81. The van der Waals surface area contributed by atoms with Gasteiger partial charge in [0.2, 0.25) is 6.29 Å². The molecular weight excluding hydrogens is 400 g/mol. The molecule has 1 unspecified atom stereocenters. The SMILES string of the molecule is CC(=O)OC(OCc1ccccc1)[C@H]1O[C@H](OCc2ccccc2)[C@H]2OC(C)(C)O[C@H]21. The average Bonchev–Trinajstić information content (AvgIpc) is 3.24. The zero-order valence-corrected chi connectivity index (χ0v) is 17.9. The number of hydrogen-bond donors (Lipinski definition) is 0. The maximum Gasteiger partial charge on any atom is 0.305 e. The number of esters is 1. The molecule has 0 radical (unpaired) electrons. The van der Waals surface area contributed by atoms with Crippen LogP contribution in [-0.2, 0) is 46.4 Å². The first-order valence-electron chi connectivity index (χ1n) is 10.4. The zero-order chi connectivity index (χ0) is 21.8. The van der Waals surface area contributed by atoms with E-state index in [-0.39, 0.29) is 6.61 Å². The highest BCUT2D eigenvalue weighted by Crippen LogP contribution is 2.41. The van der Waals surface area contributed by atoms with E-state index in [0.717, 1.165) is 11.1 Å². The summed E-state index contributed by atoms with van der Waals surface area (Å²) in [6.07, 6.45) is -3.32. The van der Waals surface area contributed by atoms with Gasteiger partial charge < -0.3 is 28.4 Å². The molecule has 0 N–H and O–H groups in total. The molecule has 0 bridgehead atoms. The van der Waals surface area contributed by atoms with Gasteiger partial charge in [0.15, 0.2) is 18.2 Å². The summed E-state index contributed by atoms with van der Waals surface area (Å²) in [6, 6.07) is 19.5. The van der Waals surface area contributed by atoms with E-state index in [1.807, 2.05) is 74.5 Å². The van der Waals surface area contributed by atoms with E-state index >= 15 is 0 Å². The maximum atomic E-state index is 11.8. The van der Waals surface area contributed by atoms with Crippen molar-refractivity contribution in [3.05, 3.63) is 71.8 Å². The molecule has 0 aliphatic carbocycles. The normalized spacial score (nSPS) is 27.6. The van der Waals surface area contributed by atoms with Gasteiger partial charge in [-0.15, -0.1) is 0 Å². The van der Waals surface area contributed by atoms with Crippen LogP contribution in [0, 0.1) is 0 Å². The van der Waals surface area contributed by atoms with E-state index in [1.54, 1.807) is 0 Å². The number of fused-ring (bicyclic) bond motifs is 1. The highest BCUT2D eigenvalue weighted by Gasteiger charge is 2.59. The van der Waals surface area contributed by atoms with Crippen molar-refractivity contribution in [1.82, 2.24) is 0 Å². The van der Waals surface area contributed by atoms with Crippen LogP contribution < -0.4 is 0 Å². The molecule has 0 spiro atoms. The topological polar surface area (TPSA) is 72.5 Å². The molecule has 0 saturated carbocycles. The number of ether oxygens (including phenoxy) is 6. The number of benzene rings is 2. The Morgan fingerprint density at radius 1 is 0.935 bits per heavy atom. The van der Waals surface area contributed by atoms with Crippen LogP contribution in [0.3, 0.4) is 0 Å². The van der Waals surface area contributed by atoms with Crippen molar-refractivity contribution in [3.8, 4) is 0 Å². The van der Waals surface area contributed by atoms with Gasteiger partial charge in [-0.25, -0.2) is 0 Å². The smallest absolute Gasteiger partial charge is 0.305 e. The summed E-state index contributed by atoms with van der Waals surface area (Å²) >= 11 is 0. The highest BCUT2D eigenvalue weighted by atomic mass is 16.8. The summed E-state index contributed by atoms with van der Waals surface area (Å²) in [5, 5.41) is 0. The van der Waals surface area contributed by atoms with E-state index in [9.17, 15) is 4.79 Å². The molecule has 2 saturated heterocycles. The van der Waals surface area contributed by atoms with Crippen molar-refractivity contribution in [1.29, 1.82) is 0 Å². The van der Waals surface area contributed by atoms with E-state index < -0.39 is 42.6 Å². The Morgan fingerprint density at radius 3 is 2.13 bits per heavy atom. The van der Waals surface area contributed by atoms with Crippen LogP contribution in [0.15, 0.2) is 60.7 Å². The molecule has 31 heavy (non-hydrogen) atoms. The largest absolute Gasteiger partial charge is 0.433 e. The Morgan fingerprint density at radius 2 is 1.52 bits per heavy atom. The summed E-state index contributed by atoms with van der Waals surface area (Å²) in [5.41, 5.74) is 1.97. The first-order valence-corrected chi connectivity index (χ1v) is 10.4. The molecule has 5 atom stereocenters. The van der Waals surface area contributed by atoms with Crippen LogP contribution in [0.1, 0.15) is 31.9 Å². The fourth-order valence-corrected chi connectivity index (χ4v) is 3.81. The molecule has 7 nitrogen and oxygen atoms in total. The minimum absolute atomic E-state index is 0.260. The first kappa shape index (κ1) is 21.9. The first-order chi connectivity index (χ1) is 14.9. The lowest BCUT2D eigenvalue weighted by atomic mass is 10.1. The van der Waals surface area contributed by atoms with E-state index in [4.69, 9.17) is 28.4 Å². The minimum atomic E-state index is -0.965. The number of rotatable bonds is 8. The Hall–Kier alpha value is -2.29. The number of carbonyl (C=O) groups is 1. The molecule has 2 aromatic rings. The van der Waals surface area contributed by atoms with Crippen molar-refractivity contribution in [2.24, 2.45) is 0 Å². The molecular formula is C24H28O7. The Kier molecular flexibility index (Phi) is 6.69. The number of hydrogen-bond acceptors (Lipinski definition) is 7. The second kappa shape index (κ2) is 9.46. The molecule has 4 rings (SSSR count). The van der Waals surface area contributed by atoms with Crippen molar-refractivity contribution >= 4 is 5.97 Å². The molecule has 2 aromatic carbocycles. The molecule has 2 aliphatic heterocycles. The van der Waals surface area contributed by atoms with Crippen molar-refractivity contribution in [2.75, 3.05) is 0 Å². The molecule has 0 aromatic heterocycles. The van der Waals surface area contributed by atoms with E-state index in [0.29, 0.717) is 6.61 Å². The van der Waals surface area contributed by atoms with Gasteiger partial charge in [0.1, 0.15) is 12.2 Å². The molecule has 2 heterocycles. The summed E-state index contributed by atoms with van der Waals surface area (Å²) in [6.45, 7) is 5.62. The van der Waals surface area contributed by atoms with Crippen LogP contribution in [0.25, 0.3) is 0 Å². The Balaban J connectivity index is 1.48. The summed E-state index contributed by atoms with van der Waals surface area (Å²) in [7, 11) is 0. The molecule has 166 valence electrons. The zero-order valence-electron chi connectivity index (χ0n) is 17.9. The van der Waals surface area contributed by atoms with Crippen molar-refractivity contribution < 1.29 is 33.2 Å². The lowest BCUT2D eigenvalue weighted by Gasteiger charge is -2.28. The predicted molar refractivity (Wildman–Crippen MR) is 111 cm³/mol. The lowest BCUT2D eigenvalue weighted by molar-refractivity contribution is -0.275. The third-order valence-corrected chi connectivity index (χ3v) is 5.11. The van der Waals surface area contributed by atoms with Gasteiger partial charge in [-0.1, -0.05) is 60.7 Å². The van der Waals surface area contributed by atoms with Crippen molar-refractivity contribution in [3.63, 3.8) is 0 Å². The molecule has 2 fully saturated rings. The van der Waals surface area contributed by atoms with Gasteiger partial charge in [0.05, 0.1) is 13.2 Å². The molecule has 7 heteroatoms. The Labute approximate surface area is 182 Å². The minimum Gasteiger partial charge on any atom is -0.433 e. The third kappa shape index (κ3) is 5.50. The fraction of sp³-hybridized carbons (Fsp3) is 0.458. The van der Waals surface area contributed by atoms with Gasteiger partial charge in [0.25, 0.3) is 0 Å². The second-order valence-corrected chi connectivity index (χ2v) is 8.10. The average molecular weight is 428 g/mol. The van der Waals surface area contributed by atoms with Gasteiger partial charge in [-0.05, 0) is 25.0 Å². The molecule has 2 aliphatic rings. The van der Waals surface area contributed by atoms with Crippen LogP contribution in [0.5, 0.6) is 0 Å². The van der Waals surface area contributed by atoms with Crippen LogP contribution in [0.4, 0.5) is 0 Å². The van der Waals surface area contributed by atoms with Gasteiger partial charge >= 0.3 is 5.97 Å². The summed E-state index contributed by atoms with van der Waals surface area (Å²) in [5.74, 6) is -1.28. The number of carbonyl (C=O) groups excluding carboxylic acids is 1. The van der Waals surface area contributed by atoms with Crippen molar-refractivity contribution in [2.45, 2.75) is 70.7 Å². The second-order valence-electron chi connectivity index (χ2n) is 8.10. The highest BCUT2D eigenvalue weighted by molar-refractivity contribution is 5.66. The molecule has 0 amide bonds. The summed E-state index contributed by atoms with van der Waals surface area (Å²) in [4.78, 5) is 11.8. The van der Waals surface area contributed by atoms with Gasteiger partial charge in [-0.3, -0.25) is 4.79 Å². The predicted octanol–water partition coefficient (Wildman–Crippen LogP) is 3.55. The van der Waals surface area contributed by atoms with Crippen LogP contribution in [-0.4, -0.2) is 42.6 Å². The van der Waals surface area contributed by atoms with Gasteiger partial charge in [0, 0.05) is 6.92 Å². The Bertz CT molecular complexity index is 855. The standard InChI is InChI=1S/C24H28O7/c1-16(25)28-22(26-14-17-10-6-4-7-11-17)20-19-21(31-24(2,3)30-19)23(29-20)27-15-18-12-8-5-9-13-18/h4-13,19-23H,14-15H2,1-3H3/t19-,20-,21-,22?,23-/m0/s1. The van der Waals surface area contributed by atoms with E-state index in [2.05, 4.69) is 0 Å². The monoisotopic (exact) mass is 428 g/mol. The lowest BCUT2D eigenvalue weighted by Crippen LogP contribution is -2.42. The summed E-state index contributed by atoms with van der Waals surface area (Å²) < 4.78 is 35.7. The van der Waals surface area contributed by atoms with Crippen LogP contribution >= 0.6 is 0 Å². The third-order valence-electron chi connectivity index (χ3n) is 5.11. The van der Waals surface area contributed by atoms with Gasteiger partial charge in [-0.2, -0.15) is 0 Å². The quantitative estimate of drug-likeness (QED) is 0.470.